The van der Waals surface area contributed by atoms with Gasteiger partial charge >= 0.3 is 5.97 Å². The van der Waals surface area contributed by atoms with E-state index in [0.717, 1.165) is 12.8 Å². The van der Waals surface area contributed by atoms with E-state index in [1.807, 2.05) is 0 Å². The van der Waals surface area contributed by atoms with Gasteiger partial charge in [0.2, 0.25) is 0 Å². The van der Waals surface area contributed by atoms with Crippen LogP contribution in [0.3, 0.4) is 0 Å². The van der Waals surface area contributed by atoms with Gasteiger partial charge in [0.15, 0.2) is 11.6 Å². The zero-order valence-corrected chi connectivity index (χ0v) is 9.65. The van der Waals surface area contributed by atoms with Gasteiger partial charge in [-0.2, -0.15) is 0 Å². The van der Waals surface area contributed by atoms with Gasteiger partial charge in [0.1, 0.15) is 0 Å². The number of aliphatic carboxylic acids is 1. The van der Waals surface area contributed by atoms with E-state index < -0.39 is 17.7 Å². The van der Waals surface area contributed by atoms with Crippen LogP contribution < -0.4 is 4.74 Å². The molecule has 0 aromatic heterocycles. The molecule has 1 aliphatic rings. The zero-order chi connectivity index (χ0) is 12.4. The summed E-state index contributed by atoms with van der Waals surface area (Å²) in [6.45, 7) is 2.08. The van der Waals surface area contributed by atoms with E-state index in [2.05, 4.69) is 0 Å². The summed E-state index contributed by atoms with van der Waals surface area (Å²) in [7, 11) is 0. The van der Waals surface area contributed by atoms with Crippen molar-refractivity contribution in [3.63, 3.8) is 0 Å². The molecule has 4 heteroatoms. The largest absolute Gasteiger partial charge is 0.490 e. The minimum atomic E-state index is -0.962. The van der Waals surface area contributed by atoms with Crippen molar-refractivity contribution in [2.45, 2.75) is 25.7 Å². The molecule has 1 N–H and O–H groups in total. The quantitative estimate of drug-likeness (QED) is 0.858. The molecule has 0 saturated heterocycles. The lowest BCUT2D eigenvalue weighted by atomic mass is 10.0. The average Bonchev–Trinajstić information content (AvgIpc) is 3.10. The van der Waals surface area contributed by atoms with Crippen LogP contribution in [-0.4, -0.2) is 17.7 Å². The predicted octanol–water partition coefficient (Wildman–Crippen LogP) is 2.80. The molecular weight excluding hydrogens is 223 g/mol. The highest BCUT2D eigenvalue weighted by Crippen LogP contribution is 2.30. The third kappa shape index (κ3) is 2.96. The summed E-state index contributed by atoms with van der Waals surface area (Å²) in [4.78, 5) is 10.8. The van der Waals surface area contributed by atoms with Crippen LogP contribution >= 0.6 is 0 Å². The summed E-state index contributed by atoms with van der Waals surface area (Å²) in [6.07, 6.45) is 2.30. The van der Waals surface area contributed by atoms with Crippen LogP contribution in [0.1, 0.15) is 31.2 Å². The van der Waals surface area contributed by atoms with Crippen LogP contribution in [0, 0.1) is 11.7 Å². The summed E-state index contributed by atoms with van der Waals surface area (Å²) < 4.78 is 19.0. The van der Waals surface area contributed by atoms with Crippen molar-refractivity contribution in [2.75, 3.05) is 6.61 Å². The van der Waals surface area contributed by atoms with Crippen LogP contribution in [0.25, 0.3) is 0 Å². The first-order valence-electron chi connectivity index (χ1n) is 5.73. The molecule has 17 heavy (non-hydrogen) atoms. The lowest BCUT2D eigenvalue weighted by Crippen LogP contribution is -2.08. The smallest absolute Gasteiger partial charge is 0.310 e. The topological polar surface area (TPSA) is 46.5 Å². The van der Waals surface area contributed by atoms with E-state index in [9.17, 15) is 9.18 Å². The molecule has 1 saturated carbocycles. The second kappa shape index (κ2) is 4.73. The molecule has 3 nitrogen and oxygen atoms in total. The van der Waals surface area contributed by atoms with Crippen LogP contribution in [0.15, 0.2) is 18.2 Å². The highest BCUT2D eigenvalue weighted by molar-refractivity contribution is 5.75. The van der Waals surface area contributed by atoms with Gasteiger partial charge in [-0.1, -0.05) is 6.07 Å². The maximum absolute atomic E-state index is 13.6. The van der Waals surface area contributed by atoms with Crippen LogP contribution in [0.2, 0.25) is 0 Å². The van der Waals surface area contributed by atoms with E-state index in [1.165, 1.54) is 19.1 Å². The number of hydrogen-bond acceptors (Lipinski definition) is 2. The normalized spacial score (nSPS) is 16.6. The van der Waals surface area contributed by atoms with Gasteiger partial charge in [0.25, 0.3) is 0 Å². The lowest BCUT2D eigenvalue weighted by molar-refractivity contribution is -0.138. The number of hydrogen-bond donors (Lipinski definition) is 1. The Morgan fingerprint density at radius 3 is 2.82 bits per heavy atom. The van der Waals surface area contributed by atoms with Crippen LogP contribution in [-0.2, 0) is 4.79 Å². The molecule has 0 aliphatic heterocycles. The third-order valence-electron chi connectivity index (χ3n) is 3.00. The lowest BCUT2D eigenvalue weighted by Gasteiger charge is -2.10. The molecule has 2 rings (SSSR count). The Balaban J connectivity index is 2.07. The Morgan fingerprint density at radius 2 is 2.29 bits per heavy atom. The fourth-order valence-electron chi connectivity index (χ4n) is 1.54. The second-order valence-corrected chi connectivity index (χ2v) is 4.50. The highest BCUT2D eigenvalue weighted by atomic mass is 19.1. The van der Waals surface area contributed by atoms with E-state index in [4.69, 9.17) is 9.84 Å². The Morgan fingerprint density at radius 1 is 1.59 bits per heavy atom. The predicted molar refractivity (Wildman–Crippen MR) is 60.7 cm³/mol. The molecule has 0 bridgehead atoms. The van der Waals surface area contributed by atoms with E-state index in [-0.39, 0.29) is 5.75 Å². The molecule has 0 radical (unpaired) electrons. The van der Waals surface area contributed by atoms with Crippen molar-refractivity contribution >= 4 is 5.97 Å². The zero-order valence-electron chi connectivity index (χ0n) is 9.65. The Labute approximate surface area is 99.2 Å². The number of halogens is 1. The molecule has 1 aromatic carbocycles. The number of carboxylic acids is 1. The van der Waals surface area contributed by atoms with Gasteiger partial charge < -0.3 is 9.84 Å². The van der Waals surface area contributed by atoms with Crippen LogP contribution in [0.5, 0.6) is 5.75 Å². The number of rotatable bonds is 5. The van der Waals surface area contributed by atoms with Crippen LogP contribution in [0.4, 0.5) is 4.39 Å². The molecule has 1 unspecified atom stereocenters. The molecule has 0 amide bonds. The summed E-state index contributed by atoms with van der Waals surface area (Å²) in [5.41, 5.74) is 0.453. The summed E-state index contributed by atoms with van der Waals surface area (Å²) >= 11 is 0. The van der Waals surface area contributed by atoms with E-state index in [1.54, 1.807) is 6.07 Å². The van der Waals surface area contributed by atoms with Gasteiger partial charge in [0.05, 0.1) is 12.5 Å². The molecule has 92 valence electrons. The standard InChI is InChI=1S/C13H15FO3/c1-8(13(15)16)10-4-5-12(11(14)6-10)17-7-9-2-3-9/h4-6,8-9H,2-3,7H2,1H3,(H,15,16). The van der Waals surface area contributed by atoms with Crippen molar-refractivity contribution < 1.29 is 19.0 Å². The van der Waals surface area contributed by atoms with E-state index in [0.29, 0.717) is 18.1 Å². The SMILES string of the molecule is CC(C(=O)O)c1ccc(OCC2CC2)c(F)c1. The Kier molecular flexibility index (Phi) is 3.31. The molecule has 1 aromatic rings. The first-order valence-corrected chi connectivity index (χ1v) is 5.73. The van der Waals surface area contributed by atoms with Crippen molar-refractivity contribution in [1.29, 1.82) is 0 Å². The van der Waals surface area contributed by atoms with Gasteiger partial charge in [-0.3, -0.25) is 4.79 Å². The fourth-order valence-corrected chi connectivity index (χ4v) is 1.54. The van der Waals surface area contributed by atoms with Crippen molar-refractivity contribution in [3.05, 3.63) is 29.6 Å². The fraction of sp³-hybridized carbons (Fsp3) is 0.462. The van der Waals surface area contributed by atoms with Gasteiger partial charge in [-0.05, 0) is 43.4 Å². The first-order chi connectivity index (χ1) is 8.08. The van der Waals surface area contributed by atoms with E-state index >= 15 is 0 Å². The minimum Gasteiger partial charge on any atom is -0.490 e. The maximum atomic E-state index is 13.6. The Bertz CT molecular complexity index is 427. The van der Waals surface area contributed by atoms with Gasteiger partial charge in [-0.25, -0.2) is 4.39 Å². The maximum Gasteiger partial charge on any atom is 0.310 e. The second-order valence-electron chi connectivity index (χ2n) is 4.50. The monoisotopic (exact) mass is 238 g/mol. The highest BCUT2D eigenvalue weighted by Gasteiger charge is 2.23. The molecule has 1 aliphatic carbocycles. The number of benzene rings is 1. The molecule has 1 fully saturated rings. The summed E-state index contributed by atoms with van der Waals surface area (Å²) in [5.74, 6) is -1.39. The van der Waals surface area contributed by atoms with Crippen molar-refractivity contribution in [1.82, 2.24) is 0 Å². The third-order valence-corrected chi connectivity index (χ3v) is 3.00. The number of carboxylic acid groups (broad SMARTS) is 1. The van der Waals surface area contributed by atoms with Crippen molar-refractivity contribution in [2.24, 2.45) is 5.92 Å². The first kappa shape index (κ1) is 11.9. The molecule has 1 atom stereocenters. The van der Waals surface area contributed by atoms with Crippen molar-refractivity contribution in [3.8, 4) is 5.75 Å². The average molecular weight is 238 g/mol. The van der Waals surface area contributed by atoms with Gasteiger partial charge in [0, 0.05) is 0 Å². The molecular formula is C13H15FO3. The Hall–Kier alpha value is -1.58. The minimum absolute atomic E-state index is 0.207. The van der Waals surface area contributed by atoms with Gasteiger partial charge in [-0.15, -0.1) is 0 Å². The summed E-state index contributed by atoms with van der Waals surface area (Å²) in [5, 5.41) is 8.83. The number of ether oxygens (including phenoxy) is 1. The summed E-state index contributed by atoms with van der Waals surface area (Å²) in [6, 6.07) is 4.34. The molecule has 0 spiro atoms. The molecule has 0 heterocycles. The number of carbonyl (C=O) groups is 1.